The molecule has 100 valence electrons. The molecule has 1 aliphatic rings. The van der Waals surface area contributed by atoms with E-state index in [2.05, 4.69) is 0 Å². The summed E-state index contributed by atoms with van der Waals surface area (Å²) < 4.78 is 60.9. The summed E-state index contributed by atoms with van der Waals surface area (Å²) in [4.78, 5) is 0. The Kier molecular flexibility index (Phi) is 6.82. The molecule has 0 aliphatic carbocycles. The molecule has 1 unspecified atom stereocenters. The van der Waals surface area contributed by atoms with Crippen molar-refractivity contribution < 1.29 is 78.2 Å². The fourth-order valence-electron chi connectivity index (χ4n) is 1.83. The maximum atomic E-state index is 13.2. The molecule has 2 rings (SSSR count). The van der Waals surface area contributed by atoms with Gasteiger partial charge < -0.3 is 22.4 Å². The molecule has 0 radical (unpaired) electrons. The van der Waals surface area contributed by atoms with Gasteiger partial charge in [-0.05, 0) is 18.9 Å². The first-order chi connectivity index (χ1) is 8.47. The molecule has 1 aliphatic heterocycles. The van der Waals surface area contributed by atoms with Crippen LogP contribution in [0.3, 0.4) is 0 Å². The van der Waals surface area contributed by atoms with Gasteiger partial charge in [-0.2, -0.15) is 0 Å². The van der Waals surface area contributed by atoms with Gasteiger partial charge in [-0.25, -0.2) is 4.39 Å². The van der Waals surface area contributed by atoms with Crippen molar-refractivity contribution in [1.29, 1.82) is 0 Å². The first kappa shape index (κ1) is 17.5. The summed E-state index contributed by atoms with van der Waals surface area (Å²) in [6, 6.07) is 2.60. The molecular weight excluding hydrogens is 290 g/mol. The van der Waals surface area contributed by atoms with Crippen LogP contribution in [-0.2, 0) is 4.74 Å². The maximum absolute atomic E-state index is 13.2. The molecule has 0 bridgehead atoms. The van der Waals surface area contributed by atoms with Gasteiger partial charge in [0.25, 0.3) is 0 Å². The van der Waals surface area contributed by atoms with E-state index < -0.39 is 18.3 Å². The Balaban J connectivity index is 0.00000180. The van der Waals surface area contributed by atoms with Crippen molar-refractivity contribution in [2.45, 2.75) is 18.9 Å². The minimum atomic E-state index is -5.32. The van der Waals surface area contributed by atoms with Crippen molar-refractivity contribution in [3.8, 4) is 5.75 Å². The molecule has 0 aromatic heterocycles. The van der Waals surface area contributed by atoms with E-state index in [9.17, 15) is 17.3 Å². The average molecular weight is 302 g/mol. The van der Waals surface area contributed by atoms with Gasteiger partial charge in [0.15, 0.2) is 0 Å². The van der Waals surface area contributed by atoms with Crippen LogP contribution in [0.4, 0.5) is 17.3 Å². The largest absolute Gasteiger partial charge is 1.00 e. The molecule has 1 fully saturated rings. The fraction of sp³-hybridized carbons (Fsp3) is 0.455. The molecule has 2 nitrogen and oxygen atoms in total. The van der Waals surface area contributed by atoms with Crippen LogP contribution in [0, 0.1) is 5.82 Å². The van der Waals surface area contributed by atoms with E-state index >= 15 is 0 Å². The van der Waals surface area contributed by atoms with Gasteiger partial charge in [-0.15, -0.1) is 0 Å². The summed E-state index contributed by atoms with van der Waals surface area (Å²) in [7, 11) is 0. The van der Waals surface area contributed by atoms with Crippen molar-refractivity contribution in [3.63, 3.8) is 0 Å². The minimum Gasteiger partial charge on any atom is -0.491 e. The summed E-state index contributed by atoms with van der Waals surface area (Å²) in [5.41, 5.74) is -1.22. The van der Waals surface area contributed by atoms with Crippen molar-refractivity contribution >= 4 is 12.4 Å². The van der Waals surface area contributed by atoms with Crippen molar-refractivity contribution in [2.24, 2.45) is 0 Å². The molecule has 0 saturated carbocycles. The molecule has 0 spiro atoms. The molecule has 0 amide bonds. The van der Waals surface area contributed by atoms with Crippen molar-refractivity contribution in [3.05, 3.63) is 24.0 Å². The minimum absolute atomic E-state index is 0. The molecular formula is C11H12BF4KO2. The molecule has 1 aromatic carbocycles. The fourth-order valence-corrected chi connectivity index (χ4v) is 1.83. The summed E-state index contributed by atoms with van der Waals surface area (Å²) in [6.07, 6.45) is 1.74. The molecule has 1 saturated heterocycles. The van der Waals surface area contributed by atoms with E-state index in [4.69, 9.17) is 9.47 Å². The second-order valence-corrected chi connectivity index (χ2v) is 4.20. The monoisotopic (exact) mass is 302 g/mol. The number of hydrogen-bond acceptors (Lipinski definition) is 2. The van der Waals surface area contributed by atoms with E-state index in [1.807, 2.05) is 0 Å². The normalized spacial score (nSPS) is 19.1. The third-order valence-corrected chi connectivity index (χ3v) is 2.78. The number of halogens is 4. The van der Waals surface area contributed by atoms with Crippen LogP contribution in [0.15, 0.2) is 18.2 Å². The molecule has 1 heterocycles. The van der Waals surface area contributed by atoms with E-state index in [-0.39, 0.29) is 69.8 Å². The van der Waals surface area contributed by atoms with E-state index in [0.29, 0.717) is 12.7 Å². The second-order valence-electron chi connectivity index (χ2n) is 4.20. The zero-order chi connectivity index (χ0) is 13.2. The standard InChI is InChI=1S/C11H12BF4O2.K/c13-11-6-8(3-4-10(11)12(14,15)16)18-7-9-2-1-5-17-9;/h3-4,6,9H,1-2,5,7H2;/q-1;+1. The third kappa shape index (κ3) is 5.02. The molecule has 1 atom stereocenters. The number of hydrogen-bond donors (Lipinski definition) is 0. The zero-order valence-corrected chi connectivity index (χ0v) is 13.7. The second kappa shape index (κ2) is 7.42. The van der Waals surface area contributed by atoms with Crippen LogP contribution >= 0.6 is 0 Å². The van der Waals surface area contributed by atoms with Crippen LogP contribution in [0.5, 0.6) is 5.75 Å². The van der Waals surface area contributed by atoms with E-state index in [1.165, 1.54) is 0 Å². The van der Waals surface area contributed by atoms with Crippen molar-refractivity contribution in [1.82, 2.24) is 0 Å². The Morgan fingerprint density at radius 2 is 2.05 bits per heavy atom. The Morgan fingerprint density at radius 1 is 1.32 bits per heavy atom. The van der Waals surface area contributed by atoms with Gasteiger partial charge >= 0.3 is 58.4 Å². The summed E-state index contributed by atoms with van der Waals surface area (Å²) >= 11 is 0. The Morgan fingerprint density at radius 3 is 2.58 bits per heavy atom. The van der Waals surface area contributed by atoms with Crippen molar-refractivity contribution in [2.75, 3.05) is 13.2 Å². The first-order valence-corrected chi connectivity index (χ1v) is 5.70. The SMILES string of the molecule is Fc1cc(OCC2CCCO2)ccc1[B-](F)(F)F.[K+]. The smallest absolute Gasteiger partial charge is 0.491 e. The van der Waals surface area contributed by atoms with Crippen LogP contribution in [-0.4, -0.2) is 26.3 Å². The number of ether oxygens (including phenoxy) is 2. The van der Waals surface area contributed by atoms with Crippen LogP contribution < -0.4 is 61.6 Å². The van der Waals surface area contributed by atoms with Gasteiger partial charge in [0, 0.05) is 12.7 Å². The topological polar surface area (TPSA) is 18.5 Å². The predicted molar refractivity (Wildman–Crippen MR) is 59.6 cm³/mol. The summed E-state index contributed by atoms with van der Waals surface area (Å²) in [5, 5.41) is 0. The molecule has 8 heteroatoms. The Hall–Kier alpha value is 0.401. The van der Waals surface area contributed by atoms with Crippen LogP contribution in [0.2, 0.25) is 0 Å². The molecule has 19 heavy (non-hydrogen) atoms. The average Bonchev–Trinajstić information content (AvgIpc) is 2.77. The first-order valence-electron chi connectivity index (χ1n) is 5.70. The number of rotatable bonds is 4. The van der Waals surface area contributed by atoms with Gasteiger partial charge in [-0.1, -0.05) is 11.5 Å². The third-order valence-electron chi connectivity index (χ3n) is 2.78. The maximum Gasteiger partial charge on any atom is 1.00 e. The predicted octanol–water partition coefficient (Wildman–Crippen LogP) is -0.558. The quantitative estimate of drug-likeness (QED) is 0.548. The van der Waals surface area contributed by atoms with Gasteiger partial charge in [0.1, 0.15) is 12.4 Å². The number of benzene rings is 1. The van der Waals surface area contributed by atoms with Gasteiger partial charge in [-0.3, -0.25) is 0 Å². The Labute approximate surface area is 151 Å². The van der Waals surface area contributed by atoms with Crippen LogP contribution in [0.25, 0.3) is 0 Å². The zero-order valence-electron chi connectivity index (χ0n) is 10.5. The van der Waals surface area contributed by atoms with E-state index in [0.717, 1.165) is 25.0 Å². The van der Waals surface area contributed by atoms with E-state index in [1.54, 1.807) is 0 Å². The van der Waals surface area contributed by atoms with Gasteiger partial charge in [0.05, 0.1) is 11.9 Å². The molecule has 1 aromatic rings. The van der Waals surface area contributed by atoms with Crippen LogP contribution in [0.1, 0.15) is 12.8 Å². The summed E-state index contributed by atoms with van der Waals surface area (Å²) in [6.45, 7) is -4.43. The Bertz CT molecular complexity index is 422. The van der Waals surface area contributed by atoms with Gasteiger partial charge in [0.2, 0.25) is 0 Å². The molecule has 0 N–H and O–H groups in total. The summed E-state index contributed by atoms with van der Waals surface area (Å²) in [5.74, 6) is -1.21.